The van der Waals surface area contributed by atoms with Crippen LogP contribution in [-0.2, 0) is 14.3 Å². The lowest BCUT2D eigenvalue weighted by Crippen LogP contribution is -2.30. The standard InChI is InChI=1S/C15H23NO4/c1-13-5-3-4-6-14(13)16(8-7-15(17)18)9-10-20-12-11-19-2/h3-6H,7-12H2,1-2H3,(H,17,18). The molecule has 20 heavy (non-hydrogen) atoms. The zero-order chi connectivity index (χ0) is 14.8. The maximum Gasteiger partial charge on any atom is 0.305 e. The molecule has 0 aromatic heterocycles. The molecule has 1 aromatic carbocycles. The number of ether oxygens (including phenoxy) is 2. The molecular formula is C15H23NO4. The smallest absolute Gasteiger partial charge is 0.305 e. The highest BCUT2D eigenvalue weighted by Gasteiger charge is 2.10. The normalized spacial score (nSPS) is 10.5. The second kappa shape index (κ2) is 9.34. The second-order valence-corrected chi connectivity index (χ2v) is 4.52. The van der Waals surface area contributed by atoms with Gasteiger partial charge in [0.2, 0.25) is 0 Å². The van der Waals surface area contributed by atoms with E-state index < -0.39 is 5.97 Å². The van der Waals surface area contributed by atoms with Crippen LogP contribution in [0.25, 0.3) is 0 Å². The highest BCUT2D eigenvalue weighted by atomic mass is 16.5. The first kappa shape index (κ1) is 16.5. The van der Waals surface area contributed by atoms with Crippen molar-refractivity contribution in [3.8, 4) is 0 Å². The van der Waals surface area contributed by atoms with Crippen molar-refractivity contribution in [2.45, 2.75) is 13.3 Å². The summed E-state index contributed by atoms with van der Waals surface area (Å²) in [4.78, 5) is 12.8. The molecule has 112 valence electrons. The number of hydrogen-bond acceptors (Lipinski definition) is 4. The molecule has 0 aliphatic carbocycles. The van der Waals surface area contributed by atoms with E-state index in [2.05, 4.69) is 4.90 Å². The number of carboxylic acid groups (broad SMARTS) is 1. The molecule has 5 nitrogen and oxygen atoms in total. The van der Waals surface area contributed by atoms with Crippen LogP contribution in [-0.4, -0.2) is 51.1 Å². The van der Waals surface area contributed by atoms with E-state index in [0.29, 0.717) is 32.9 Å². The predicted molar refractivity (Wildman–Crippen MR) is 78.3 cm³/mol. The van der Waals surface area contributed by atoms with E-state index in [-0.39, 0.29) is 6.42 Å². The number of carboxylic acids is 1. The van der Waals surface area contributed by atoms with E-state index in [1.165, 1.54) is 0 Å². The van der Waals surface area contributed by atoms with Crippen LogP contribution in [0, 0.1) is 6.92 Å². The summed E-state index contributed by atoms with van der Waals surface area (Å²) in [5, 5.41) is 8.85. The monoisotopic (exact) mass is 281 g/mol. The van der Waals surface area contributed by atoms with Gasteiger partial charge in [-0.15, -0.1) is 0 Å². The van der Waals surface area contributed by atoms with Gasteiger partial charge < -0.3 is 19.5 Å². The van der Waals surface area contributed by atoms with Gasteiger partial charge in [0.25, 0.3) is 0 Å². The van der Waals surface area contributed by atoms with E-state index in [9.17, 15) is 4.79 Å². The number of nitrogens with zero attached hydrogens (tertiary/aromatic N) is 1. The third-order valence-corrected chi connectivity index (χ3v) is 2.99. The lowest BCUT2D eigenvalue weighted by Gasteiger charge is -2.25. The summed E-state index contributed by atoms with van der Waals surface area (Å²) in [5.41, 5.74) is 2.19. The fourth-order valence-electron chi connectivity index (χ4n) is 1.92. The van der Waals surface area contributed by atoms with E-state index in [4.69, 9.17) is 14.6 Å². The maximum absolute atomic E-state index is 10.8. The molecule has 0 unspecified atom stereocenters. The van der Waals surface area contributed by atoms with Gasteiger partial charge in [-0.25, -0.2) is 0 Å². The number of carbonyl (C=O) groups is 1. The number of rotatable bonds is 10. The molecule has 0 bridgehead atoms. The highest BCUT2D eigenvalue weighted by molar-refractivity contribution is 5.68. The molecule has 0 heterocycles. The number of aryl methyl sites for hydroxylation is 1. The van der Waals surface area contributed by atoms with Crippen LogP contribution in [0.4, 0.5) is 5.69 Å². The van der Waals surface area contributed by atoms with E-state index in [0.717, 1.165) is 11.3 Å². The summed E-state index contributed by atoms with van der Waals surface area (Å²) >= 11 is 0. The van der Waals surface area contributed by atoms with Crippen molar-refractivity contribution in [2.75, 3.05) is 44.9 Å². The van der Waals surface area contributed by atoms with Crippen molar-refractivity contribution < 1.29 is 19.4 Å². The maximum atomic E-state index is 10.8. The van der Waals surface area contributed by atoms with Crippen LogP contribution in [0.2, 0.25) is 0 Å². The minimum atomic E-state index is -0.788. The Labute approximate surface area is 120 Å². The van der Waals surface area contributed by atoms with Gasteiger partial charge in [0.15, 0.2) is 0 Å². The molecule has 0 aliphatic heterocycles. The van der Waals surface area contributed by atoms with Crippen LogP contribution < -0.4 is 4.90 Å². The Balaban J connectivity index is 2.56. The fourth-order valence-corrected chi connectivity index (χ4v) is 1.92. The van der Waals surface area contributed by atoms with E-state index >= 15 is 0 Å². The summed E-state index contributed by atoms with van der Waals surface area (Å²) in [7, 11) is 1.63. The van der Waals surface area contributed by atoms with Gasteiger partial charge in [0, 0.05) is 25.9 Å². The molecule has 1 rings (SSSR count). The lowest BCUT2D eigenvalue weighted by atomic mass is 10.1. The van der Waals surface area contributed by atoms with Crippen LogP contribution in [0.5, 0.6) is 0 Å². The molecule has 0 saturated heterocycles. The van der Waals surface area contributed by atoms with Gasteiger partial charge in [-0.2, -0.15) is 0 Å². The summed E-state index contributed by atoms with van der Waals surface area (Å²) in [6.45, 7) is 4.85. The third-order valence-electron chi connectivity index (χ3n) is 2.99. The first-order valence-electron chi connectivity index (χ1n) is 6.74. The predicted octanol–water partition coefficient (Wildman–Crippen LogP) is 1.94. The number of methoxy groups -OCH3 is 1. The molecule has 5 heteroatoms. The van der Waals surface area contributed by atoms with Crippen molar-refractivity contribution in [2.24, 2.45) is 0 Å². The zero-order valence-electron chi connectivity index (χ0n) is 12.2. The highest BCUT2D eigenvalue weighted by Crippen LogP contribution is 2.19. The molecule has 0 saturated carbocycles. The Kier molecular flexibility index (Phi) is 7.69. The van der Waals surface area contributed by atoms with Gasteiger partial charge in [-0.1, -0.05) is 18.2 Å². The van der Waals surface area contributed by atoms with E-state index in [1.54, 1.807) is 7.11 Å². The Morgan fingerprint density at radius 3 is 2.60 bits per heavy atom. The van der Waals surface area contributed by atoms with Gasteiger partial charge in [-0.05, 0) is 18.6 Å². The van der Waals surface area contributed by atoms with Gasteiger partial charge in [0.1, 0.15) is 0 Å². The van der Waals surface area contributed by atoms with Crippen molar-refractivity contribution >= 4 is 11.7 Å². The van der Waals surface area contributed by atoms with Crippen molar-refractivity contribution in [3.63, 3.8) is 0 Å². The third kappa shape index (κ3) is 6.04. The van der Waals surface area contributed by atoms with Gasteiger partial charge >= 0.3 is 5.97 Å². The summed E-state index contributed by atoms with van der Waals surface area (Å²) in [6, 6.07) is 7.96. The number of anilines is 1. The molecular weight excluding hydrogens is 258 g/mol. The largest absolute Gasteiger partial charge is 0.481 e. The number of para-hydroxylation sites is 1. The molecule has 0 spiro atoms. The summed E-state index contributed by atoms with van der Waals surface area (Å²) in [6.07, 6.45) is 0.117. The topological polar surface area (TPSA) is 59.0 Å². The summed E-state index contributed by atoms with van der Waals surface area (Å²) in [5.74, 6) is -0.788. The minimum absolute atomic E-state index is 0.117. The zero-order valence-corrected chi connectivity index (χ0v) is 12.2. The average molecular weight is 281 g/mol. The Morgan fingerprint density at radius 1 is 1.20 bits per heavy atom. The molecule has 0 radical (unpaired) electrons. The van der Waals surface area contributed by atoms with Crippen LogP contribution >= 0.6 is 0 Å². The number of aliphatic carboxylic acids is 1. The average Bonchev–Trinajstić information content (AvgIpc) is 2.43. The fraction of sp³-hybridized carbons (Fsp3) is 0.533. The lowest BCUT2D eigenvalue weighted by molar-refractivity contribution is -0.136. The molecule has 0 atom stereocenters. The first-order valence-corrected chi connectivity index (χ1v) is 6.74. The molecule has 1 N–H and O–H groups in total. The van der Waals surface area contributed by atoms with Crippen LogP contribution in [0.15, 0.2) is 24.3 Å². The van der Waals surface area contributed by atoms with Gasteiger partial charge in [0.05, 0.1) is 26.2 Å². The van der Waals surface area contributed by atoms with Gasteiger partial charge in [-0.3, -0.25) is 4.79 Å². The summed E-state index contributed by atoms with van der Waals surface area (Å²) < 4.78 is 10.4. The van der Waals surface area contributed by atoms with Crippen molar-refractivity contribution in [1.29, 1.82) is 0 Å². The second-order valence-electron chi connectivity index (χ2n) is 4.52. The Hall–Kier alpha value is -1.59. The molecule has 0 aliphatic rings. The Bertz CT molecular complexity index is 409. The quantitative estimate of drug-likeness (QED) is 0.664. The minimum Gasteiger partial charge on any atom is -0.481 e. The van der Waals surface area contributed by atoms with Crippen molar-refractivity contribution in [1.82, 2.24) is 0 Å². The number of benzene rings is 1. The molecule has 0 amide bonds. The Morgan fingerprint density at radius 2 is 1.95 bits per heavy atom. The van der Waals surface area contributed by atoms with Crippen LogP contribution in [0.3, 0.4) is 0 Å². The molecule has 0 fully saturated rings. The van der Waals surface area contributed by atoms with Crippen molar-refractivity contribution in [3.05, 3.63) is 29.8 Å². The van der Waals surface area contributed by atoms with E-state index in [1.807, 2.05) is 31.2 Å². The first-order chi connectivity index (χ1) is 9.65. The number of hydrogen-bond donors (Lipinski definition) is 1. The molecule has 1 aromatic rings. The SMILES string of the molecule is COCCOCCN(CCC(=O)O)c1ccccc1C. The van der Waals surface area contributed by atoms with Crippen LogP contribution in [0.1, 0.15) is 12.0 Å².